The van der Waals surface area contributed by atoms with Crippen LogP contribution in [-0.2, 0) is 9.47 Å². The Balaban J connectivity index is 2.04. The summed E-state index contributed by atoms with van der Waals surface area (Å²) in [6.45, 7) is 2.02. The minimum Gasteiger partial charge on any atom is -0.422 e. The third kappa shape index (κ3) is 6.29. The van der Waals surface area contributed by atoms with Crippen LogP contribution in [0.5, 0.6) is 0 Å². The number of ether oxygens (including phenoxy) is 2. The number of hydrogen-bond donors (Lipinski definition) is 0. The average molecular weight is 470 g/mol. The van der Waals surface area contributed by atoms with E-state index in [1.807, 2.05) is 6.92 Å². The van der Waals surface area contributed by atoms with Crippen molar-refractivity contribution in [2.24, 2.45) is 0 Å². The van der Waals surface area contributed by atoms with Gasteiger partial charge in [-0.25, -0.2) is 9.59 Å². The van der Waals surface area contributed by atoms with Crippen LogP contribution in [0, 0.1) is 0 Å². The maximum Gasteiger partial charge on any atom is 0.341 e. The van der Waals surface area contributed by atoms with Crippen molar-refractivity contribution in [1.29, 1.82) is 0 Å². The molecule has 0 saturated heterocycles. The molecule has 0 heterocycles. The molecule has 0 amide bonds. The fourth-order valence-electron chi connectivity index (χ4n) is 2.06. The van der Waals surface area contributed by atoms with Crippen molar-refractivity contribution in [3.05, 3.63) is 68.6 Å². The van der Waals surface area contributed by atoms with E-state index in [0.717, 1.165) is 21.8 Å². The smallest absolute Gasteiger partial charge is 0.341 e. The third-order valence-corrected chi connectivity index (χ3v) is 4.49. The summed E-state index contributed by atoms with van der Waals surface area (Å²) in [6, 6.07) is 13.6. The predicted octanol–water partition coefficient (Wildman–Crippen LogP) is 5.74. The highest BCUT2D eigenvalue weighted by Gasteiger charge is 2.20. The zero-order chi connectivity index (χ0) is 18.2. The van der Waals surface area contributed by atoms with Gasteiger partial charge in [0, 0.05) is 15.4 Å². The van der Waals surface area contributed by atoms with E-state index in [4.69, 9.17) is 9.47 Å². The molecule has 0 spiro atoms. The Bertz CT molecular complexity index is 652. The molecule has 0 bridgehead atoms. The highest BCUT2D eigenvalue weighted by Crippen LogP contribution is 2.17. The van der Waals surface area contributed by atoms with Gasteiger partial charge in [-0.05, 0) is 55.0 Å². The maximum atomic E-state index is 12.3. The quantitative estimate of drug-likeness (QED) is 0.383. The largest absolute Gasteiger partial charge is 0.422 e. The minimum atomic E-state index is -0.910. The van der Waals surface area contributed by atoms with Crippen LogP contribution >= 0.6 is 31.9 Å². The molecule has 2 rings (SSSR count). The van der Waals surface area contributed by atoms with Crippen molar-refractivity contribution in [1.82, 2.24) is 0 Å². The standard InChI is InChI=1S/C19H18Br2O4/c1-2-3-4-17(24-18(22)13-5-9-15(20)10-6-13)25-19(23)14-7-11-16(21)12-8-14/h5-12,17H,2-4H2,1H3. The van der Waals surface area contributed by atoms with Gasteiger partial charge in [-0.15, -0.1) is 0 Å². The summed E-state index contributed by atoms with van der Waals surface area (Å²) >= 11 is 6.64. The number of unbranched alkanes of at least 4 members (excludes halogenated alkanes) is 1. The fraction of sp³-hybridized carbons (Fsp3) is 0.263. The number of hydrogen-bond acceptors (Lipinski definition) is 4. The number of rotatable bonds is 7. The molecule has 0 aliphatic rings. The maximum absolute atomic E-state index is 12.3. The second-order valence-electron chi connectivity index (χ2n) is 5.40. The zero-order valence-electron chi connectivity index (χ0n) is 13.7. The second-order valence-corrected chi connectivity index (χ2v) is 7.23. The van der Waals surface area contributed by atoms with Gasteiger partial charge in [-0.1, -0.05) is 45.2 Å². The van der Waals surface area contributed by atoms with E-state index in [9.17, 15) is 9.59 Å². The SMILES string of the molecule is CCCCC(OC(=O)c1ccc(Br)cc1)OC(=O)c1ccc(Br)cc1. The van der Waals surface area contributed by atoms with Crippen LogP contribution < -0.4 is 0 Å². The molecular weight excluding hydrogens is 452 g/mol. The summed E-state index contributed by atoms with van der Waals surface area (Å²) in [4.78, 5) is 24.5. The molecule has 6 heteroatoms. The first kappa shape index (κ1) is 19.7. The van der Waals surface area contributed by atoms with Crippen LogP contribution in [0.3, 0.4) is 0 Å². The Morgan fingerprint density at radius 3 is 1.60 bits per heavy atom. The van der Waals surface area contributed by atoms with Gasteiger partial charge in [0.05, 0.1) is 11.1 Å². The third-order valence-electron chi connectivity index (χ3n) is 3.43. The molecule has 132 valence electrons. The van der Waals surface area contributed by atoms with E-state index in [1.165, 1.54) is 0 Å². The molecule has 25 heavy (non-hydrogen) atoms. The van der Waals surface area contributed by atoms with Gasteiger partial charge in [0.2, 0.25) is 6.29 Å². The lowest BCUT2D eigenvalue weighted by atomic mass is 10.2. The normalized spacial score (nSPS) is 10.6. The summed E-state index contributed by atoms with van der Waals surface area (Å²) < 4.78 is 12.5. The summed E-state index contributed by atoms with van der Waals surface area (Å²) in [5.41, 5.74) is 0.814. The Hall–Kier alpha value is -1.66. The van der Waals surface area contributed by atoms with Gasteiger partial charge >= 0.3 is 11.9 Å². The summed E-state index contributed by atoms with van der Waals surface area (Å²) in [6.07, 6.45) is 1.24. The number of carbonyl (C=O) groups excluding carboxylic acids is 2. The number of esters is 2. The van der Waals surface area contributed by atoms with Crippen LogP contribution in [0.2, 0.25) is 0 Å². The molecule has 0 aromatic heterocycles. The van der Waals surface area contributed by atoms with Crippen molar-refractivity contribution < 1.29 is 19.1 Å². The molecule has 0 saturated carbocycles. The Labute approximate surface area is 163 Å². The monoisotopic (exact) mass is 468 g/mol. The topological polar surface area (TPSA) is 52.6 Å². The molecule has 0 fully saturated rings. The van der Waals surface area contributed by atoms with Crippen LogP contribution in [0.25, 0.3) is 0 Å². The van der Waals surface area contributed by atoms with Crippen LogP contribution in [0.15, 0.2) is 57.5 Å². The van der Waals surface area contributed by atoms with Crippen molar-refractivity contribution in [2.45, 2.75) is 32.5 Å². The summed E-state index contributed by atoms with van der Waals surface area (Å²) in [7, 11) is 0. The number of halogens is 2. The van der Waals surface area contributed by atoms with E-state index in [1.54, 1.807) is 48.5 Å². The first-order valence-corrected chi connectivity index (χ1v) is 9.51. The van der Waals surface area contributed by atoms with Gasteiger partial charge in [0.25, 0.3) is 0 Å². The molecule has 4 nitrogen and oxygen atoms in total. The molecule has 0 aliphatic heterocycles. The molecule has 0 radical (unpaired) electrons. The molecule has 0 N–H and O–H groups in total. The lowest BCUT2D eigenvalue weighted by Gasteiger charge is -2.18. The van der Waals surface area contributed by atoms with E-state index in [0.29, 0.717) is 17.5 Å². The molecule has 2 aromatic rings. The van der Waals surface area contributed by atoms with Crippen LogP contribution in [-0.4, -0.2) is 18.2 Å². The fourth-order valence-corrected chi connectivity index (χ4v) is 2.59. The average Bonchev–Trinajstić information content (AvgIpc) is 2.60. The van der Waals surface area contributed by atoms with E-state index in [2.05, 4.69) is 31.9 Å². The van der Waals surface area contributed by atoms with Crippen molar-refractivity contribution in [3.8, 4) is 0 Å². The van der Waals surface area contributed by atoms with Crippen molar-refractivity contribution >= 4 is 43.8 Å². The highest BCUT2D eigenvalue weighted by molar-refractivity contribution is 9.10. The number of benzene rings is 2. The van der Waals surface area contributed by atoms with Crippen molar-refractivity contribution in [3.63, 3.8) is 0 Å². The Morgan fingerprint density at radius 1 is 0.840 bits per heavy atom. The molecule has 0 unspecified atom stereocenters. The Kier molecular flexibility index (Phi) is 7.65. The predicted molar refractivity (Wildman–Crippen MR) is 102 cm³/mol. The Morgan fingerprint density at radius 2 is 1.24 bits per heavy atom. The lowest BCUT2D eigenvalue weighted by Crippen LogP contribution is -2.25. The molecule has 2 aromatic carbocycles. The highest BCUT2D eigenvalue weighted by atomic mass is 79.9. The van der Waals surface area contributed by atoms with Gasteiger partial charge in [-0.3, -0.25) is 0 Å². The van der Waals surface area contributed by atoms with Gasteiger partial charge in [0.1, 0.15) is 0 Å². The molecular formula is C19H18Br2O4. The molecule has 0 aliphatic carbocycles. The summed E-state index contributed by atoms with van der Waals surface area (Å²) in [5, 5.41) is 0. The van der Waals surface area contributed by atoms with Crippen LogP contribution in [0.1, 0.15) is 46.9 Å². The first-order valence-electron chi connectivity index (χ1n) is 7.92. The summed E-state index contributed by atoms with van der Waals surface area (Å²) in [5.74, 6) is -1.03. The van der Waals surface area contributed by atoms with E-state index >= 15 is 0 Å². The molecule has 0 atom stereocenters. The van der Waals surface area contributed by atoms with Crippen LogP contribution in [0.4, 0.5) is 0 Å². The van der Waals surface area contributed by atoms with Gasteiger partial charge in [-0.2, -0.15) is 0 Å². The van der Waals surface area contributed by atoms with Gasteiger partial charge < -0.3 is 9.47 Å². The van der Waals surface area contributed by atoms with Crippen molar-refractivity contribution in [2.75, 3.05) is 0 Å². The van der Waals surface area contributed by atoms with E-state index in [-0.39, 0.29) is 0 Å². The van der Waals surface area contributed by atoms with Gasteiger partial charge in [0.15, 0.2) is 0 Å². The number of carbonyl (C=O) groups is 2. The second kappa shape index (κ2) is 9.73. The zero-order valence-corrected chi connectivity index (χ0v) is 16.9. The lowest BCUT2D eigenvalue weighted by molar-refractivity contribution is -0.0836. The minimum absolute atomic E-state index is 0.407. The van der Waals surface area contributed by atoms with E-state index < -0.39 is 18.2 Å². The first-order chi connectivity index (χ1) is 12.0.